The van der Waals surface area contributed by atoms with Crippen molar-refractivity contribution in [3.05, 3.63) is 36.5 Å². The number of anilines is 2. The fraction of sp³-hybridized carbons (Fsp3) is 0.167. The first-order valence-electron chi connectivity index (χ1n) is 5.52. The molecule has 0 radical (unpaired) electrons. The van der Waals surface area contributed by atoms with Crippen molar-refractivity contribution in [1.29, 1.82) is 0 Å². The number of oxazole rings is 1. The third-order valence-corrected chi connectivity index (χ3v) is 3.10. The zero-order chi connectivity index (χ0) is 13.7. The van der Waals surface area contributed by atoms with Gasteiger partial charge in [0.1, 0.15) is 12.1 Å². The van der Waals surface area contributed by atoms with Crippen LogP contribution < -0.4 is 11.1 Å². The Bertz CT molecular complexity index is 560. The van der Waals surface area contributed by atoms with Gasteiger partial charge in [-0.05, 0) is 18.2 Å². The van der Waals surface area contributed by atoms with E-state index in [1.54, 1.807) is 6.20 Å². The quantitative estimate of drug-likeness (QED) is 0.650. The van der Waals surface area contributed by atoms with Gasteiger partial charge in [-0.2, -0.15) is 0 Å². The van der Waals surface area contributed by atoms with E-state index in [1.807, 2.05) is 0 Å². The molecular formula is C12H12FN3O2S. The van der Waals surface area contributed by atoms with Crippen molar-refractivity contribution < 1.29 is 13.6 Å². The van der Waals surface area contributed by atoms with E-state index < -0.39 is 5.82 Å². The number of amides is 1. The van der Waals surface area contributed by atoms with Crippen LogP contribution in [0.15, 0.2) is 40.3 Å². The van der Waals surface area contributed by atoms with Crippen LogP contribution in [-0.2, 0) is 4.79 Å². The molecule has 1 aromatic carbocycles. The highest BCUT2D eigenvalue weighted by atomic mass is 32.2. The van der Waals surface area contributed by atoms with E-state index >= 15 is 0 Å². The van der Waals surface area contributed by atoms with Crippen LogP contribution in [0.3, 0.4) is 0 Å². The smallest absolute Gasteiger partial charge is 0.255 e. The maximum absolute atomic E-state index is 12.9. The number of hydrogen-bond acceptors (Lipinski definition) is 5. The summed E-state index contributed by atoms with van der Waals surface area (Å²) in [7, 11) is 0. The molecule has 1 aromatic heterocycles. The monoisotopic (exact) mass is 281 g/mol. The lowest BCUT2D eigenvalue weighted by Crippen LogP contribution is -2.12. The van der Waals surface area contributed by atoms with E-state index in [-0.39, 0.29) is 11.6 Å². The fourth-order valence-electron chi connectivity index (χ4n) is 1.36. The molecule has 0 aliphatic rings. The second-order valence-corrected chi connectivity index (χ2v) is 4.73. The number of carbonyl (C=O) groups is 1. The third kappa shape index (κ3) is 3.99. The number of benzene rings is 1. The number of carbonyl (C=O) groups excluding carboxylic acids is 1. The van der Waals surface area contributed by atoms with Crippen LogP contribution in [0.5, 0.6) is 0 Å². The molecule has 0 saturated heterocycles. The van der Waals surface area contributed by atoms with Gasteiger partial charge in [0, 0.05) is 17.9 Å². The van der Waals surface area contributed by atoms with E-state index in [2.05, 4.69) is 10.3 Å². The molecule has 1 amide bonds. The number of halogens is 1. The average molecular weight is 281 g/mol. The second kappa shape index (κ2) is 6.24. The first-order chi connectivity index (χ1) is 9.15. The second-order valence-electron chi connectivity index (χ2n) is 3.68. The number of thioether (sulfide) groups is 1. The molecule has 0 aliphatic heterocycles. The summed E-state index contributed by atoms with van der Waals surface area (Å²) < 4.78 is 18.0. The Morgan fingerprint density at radius 3 is 3.05 bits per heavy atom. The van der Waals surface area contributed by atoms with Crippen LogP contribution in [0.25, 0.3) is 0 Å². The van der Waals surface area contributed by atoms with Crippen molar-refractivity contribution >= 4 is 29.0 Å². The van der Waals surface area contributed by atoms with Gasteiger partial charge in [-0.3, -0.25) is 4.79 Å². The molecular weight excluding hydrogens is 269 g/mol. The predicted molar refractivity (Wildman–Crippen MR) is 71.3 cm³/mol. The lowest BCUT2D eigenvalue weighted by molar-refractivity contribution is -0.115. The first-order valence-corrected chi connectivity index (χ1v) is 6.51. The lowest BCUT2D eigenvalue weighted by Gasteiger charge is -2.05. The summed E-state index contributed by atoms with van der Waals surface area (Å²) >= 11 is 1.35. The molecule has 19 heavy (non-hydrogen) atoms. The molecule has 0 fully saturated rings. The molecule has 7 heteroatoms. The van der Waals surface area contributed by atoms with Crippen LogP contribution in [-0.4, -0.2) is 16.6 Å². The van der Waals surface area contributed by atoms with Gasteiger partial charge >= 0.3 is 0 Å². The molecule has 0 atom stereocenters. The maximum atomic E-state index is 12.9. The summed E-state index contributed by atoms with van der Waals surface area (Å²) in [6, 6.07) is 4.06. The SMILES string of the molecule is Nc1cc(NC(=O)CCSc2ncco2)ccc1F. The fourth-order valence-corrected chi connectivity index (χ4v) is 2.08. The summed E-state index contributed by atoms with van der Waals surface area (Å²) in [6.45, 7) is 0. The summed E-state index contributed by atoms with van der Waals surface area (Å²) in [4.78, 5) is 15.6. The maximum Gasteiger partial charge on any atom is 0.255 e. The minimum Gasteiger partial charge on any atom is -0.440 e. The predicted octanol–water partition coefficient (Wildman–Crippen LogP) is 2.52. The summed E-state index contributed by atoms with van der Waals surface area (Å²) in [5.41, 5.74) is 5.89. The van der Waals surface area contributed by atoms with E-state index in [4.69, 9.17) is 10.2 Å². The Hall–Kier alpha value is -2.02. The molecule has 0 unspecified atom stereocenters. The van der Waals surface area contributed by atoms with Crippen LogP contribution in [0, 0.1) is 5.82 Å². The van der Waals surface area contributed by atoms with Crippen molar-refractivity contribution in [1.82, 2.24) is 4.98 Å². The number of aromatic nitrogens is 1. The Kier molecular flexibility index (Phi) is 4.40. The van der Waals surface area contributed by atoms with Crippen molar-refractivity contribution in [3.63, 3.8) is 0 Å². The highest BCUT2D eigenvalue weighted by molar-refractivity contribution is 7.99. The Balaban J connectivity index is 1.79. The van der Waals surface area contributed by atoms with Gasteiger partial charge in [-0.15, -0.1) is 0 Å². The first kappa shape index (κ1) is 13.4. The number of rotatable bonds is 5. The van der Waals surface area contributed by atoms with Gasteiger partial charge in [0.05, 0.1) is 11.9 Å². The van der Waals surface area contributed by atoms with E-state index in [9.17, 15) is 9.18 Å². The molecule has 3 N–H and O–H groups in total. The number of nitrogen functional groups attached to an aromatic ring is 1. The number of nitrogens with one attached hydrogen (secondary N) is 1. The molecule has 0 aliphatic carbocycles. The summed E-state index contributed by atoms with van der Waals surface area (Å²) in [6.07, 6.45) is 3.32. The van der Waals surface area contributed by atoms with E-state index in [1.165, 1.54) is 36.2 Å². The van der Waals surface area contributed by atoms with E-state index in [0.29, 0.717) is 23.1 Å². The summed E-state index contributed by atoms with van der Waals surface area (Å²) in [5, 5.41) is 3.17. The Morgan fingerprint density at radius 2 is 2.37 bits per heavy atom. The van der Waals surface area contributed by atoms with Gasteiger partial charge < -0.3 is 15.5 Å². The van der Waals surface area contributed by atoms with E-state index in [0.717, 1.165) is 0 Å². The lowest BCUT2D eigenvalue weighted by atomic mass is 10.2. The number of hydrogen-bond donors (Lipinski definition) is 2. The standard InChI is InChI=1S/C12H12FN3O2S/c13-9-2-1-8(7-10(9)14)16-11(17)3-6-19-12-15-4-5-18-12/h1-2,4-5,7H,3,6,14H2,(H,16,17). The van der Waals surface area contributed by atoms with Crippen molar-refractivity contribution in [2.45, 2.75) is 11.6 Å². The molecule has 1 heterocycles. The van der Waals surface area contributed by atoms with Crippen molar-refractivity contribution in [2.24, 2.45) is 0 Å². The molecule has 5 nitrogen and oxygen atoms in total. The van der Waals surface area contributed by atoms with Crippen molar-refractivity contribution in [3.8, 4) is 0 Å². The largest absolute Gasteiger partial charge is 0.440 e. The third-order valence-electron chi connectivity index (χ3n) is 2.24. The molecule has 0 saturated carbocycles. The molecule has 100 valence electrons. The Morgan fingerprint density at radius 1 is 1.53 bits per heavy atom. The zero-order valence-corrected chi connectivity index (χ0v) is 10.7. The summed E-state index contributed by atoms with van der Waals surface area (Å²) in [5.74, 6) is -0.134. The van der Waals surface area contributed by atoms with Crippen LogP contribution in [0.1, 0.15) is 6.42 Å². The van der Waals surface area contributed by atoms with Crippen LogP contribution >= 0.6 is 11.8 Å². The normalized spacial score (nSPS) is 10.4. The molecule has 0 spiro atoms. The number of nitrogens with zero attached hydrogens (tertiary/aromatic N) is 1. The molecule has 2 rings (SSSR count). The van der Waals surface area contributed by atoms with Gasteiger partial charge in [-0.1, -0.05) is 11.8 Å². The molecule has 2 aromatic rings. The zero-order valence-electron chi connectivity index (χ0n) is 9.93. The van der Waals surface area contributed by atoms with Gasteiger partial charge in [0.15, 0.2) is 0 Å². The van der Waals surface area contributed by atoms with Gasteiger partial charge in [0.25, 0.3) is 5.22 Å². The minimum atomic E-state index is -0.502. The number of nitrogens with two attached hydrogens (primary N) is 1. The highest BCUT2D eigenvalue weighted by Crippen LogP contribution is 2.18. The van der Waals surface area contributed by atoms with Gasteiger partial charge in [-0.25, -0.2) is 9.37 Å². The molecule has 0 bridgehead atoms. The van der Waals surface area contributed by atoms with Crippen LogP contribution in [0.4, 0.5) is 15.8 Å². The Labute approximate surface area is 113 Å². The minimum absolute atomic E-state index is 0.00644. The average Bonchev–Trinajstić information content (AvgIpc) is 2.87. The van der Waals surface area contributed by atoms with Crippen LogP contribution in [0.2, 0.25) is 0 Å². The highest BCUT2D eigenvalue weighted by Gasteiger charge is 2.06. The van der Waals surface area contributed by atoms with Crippen molar-refractivity contribution in [2.75, 3.05) is 16.8 Å². The topological polar surface area (TPSA) is 81.1 Å². The van der Waals surface area contributed by atoms with Gasteiger partial charge in [0.2, 0.25) is 5.91 Å².